The Morgan fingerprint density at radius 1 is 0.769 bits per heavy atom. The van der Waals surface area contributed by atoms with Crippen LogP contribution in [0.2, 0.25) is 0 Å². The predicted octanol–water partition coefficient (Wildman–Crippen LogP) is 4.03. The summed E-state index contributed by atoms with van der Waals surface area (Å²) in [5.41, 5.74) is 8.37. The molecule has 1 amide bonds. The molecule has 1 unspecified atom stereocenters. The number of fused-ring (bicyclic) bond motifs is 1. The Bertz CT molecular complexity index is 1530. The zero-order chi connectivity index (χ0) is 26.7. The summed E-state index contributed by atoms with van der Waals surface area (Å²) in [5, 5.41) is 11.7. The number of hydrogen-bond acceptors (Lipinski definition) is 6. The number of primary amides is 1. The lowest BCUT2D eigenvalue weighted by molar-refractivity contribution is -0.124. The van der Waals surface area contributed by atoms with Crippen molar-refractivity contribution in [3.8, 4) is 0 Å². The lowest BCUT2D eigenvalue weighted by Gasteiger charge is -2.38. The van der Waals surface area contributed by atoms with Crippen molar-refractivity contribution in [1.29, 1.82) is 0 Å². The molecule has 7 nitrogen and oxygen atoms in total. The van der Waals surface area contributed by atoms with Crippen LogP contribution in [0, 0.1) is 5.41 Å². The topological polar surface area (TPSA) is 87.7 Å². The summed E-state index contributed by atoms with van der Waals surface area (Å²) in [6, 6.07) is 28.8. The average molecular weight is 517 g/mol. The molecule has 1 aromatic heterocycles. The molecule has 7 heteroatoms. The summed E-state index contributed by atoms with van der Waals surface area (Å²) in [5.74, 6) is 1.50. The summed E-state index contributed by atoms with van der Waals surface area (Å²) < 4.78 is 0. The molecule has 6 rings (SSSR count). The Morgan fingerprint density at radius 2 is 1.38 bits per heavy atom. The van der Waals surface area contributed by atoms with Gasteiger partial charge in [0.1, 0.15) is 5.84 Å². The van der Waals surface area contributed by atoms with Crippen molar-refractivity contribution in [2.45, 2.75) is 12.8 Å². The highest BCUT2D eigenvalue weighted by Crippen LogP contribution is 2.30. The fourth-order valence-corrected chi connectivity index (χ4v) is 5.53. The molecule has 196 valence electrons. The normalized spacial score (nSPS) is 19.2. The first-order chi connectivity index (χ1) is 19.1. The van der Waals surface area contributed by atoms with Crippen molar-refractivity contribution in [3.63, 3.8) is 0 Å². The van der Waals surface area contributed by atoms with E-state index in [1.807, 2.05) is 48.6 Å². The number of nitrogens with zero attached hydrogens (tertiary/aromatic N) is 5. The maximum absolute atomic E-state index is 12.5. The Balaban J connectivity index is 1.15. The van der Waals surface area contributed by atoms with E-state index in [0.717, 1.165) is 66.3 Å². The van der Waals surface area contributed by atoms with Gasteiger partial charge in [0.2, 0.25) is 5.91 Å². The molecular formula is C32H32N6O. The third-order valence-electron chi connectivity index (χ3n) is 7.79. The molecule has 2 aliphatic rings. The van der Waals surface area contributed by atoms with Gasteiger partial charge in [-0.1, -0.05) is 91.0 Å². The van der Waals surface area contributed by atoms with Gasteiger partial charge in [0.05, 0.1) is 17.7 Å². The highest BCUT2D eigenvalue weighted by Gasteiger charge is 2.37. The first-order valence-corrected chi connectivity index (χ1v) is 13.5. The van der Waals surface area contributed by atoms with Crippen molar-refractivity contribution in [2.75, 3.05) is 37.6 Å². The quantitative estimate of drug-likeness (QED) is 0.418. The summed E-state index contributed by atoms with van der Waals surface area (Å²) in [7, 11) is 0. The van der Waals surface area contributed by atoms with Gasteiger partial charge in [0.15, 0.2) is 5.82 Å². The largest absolute Gasteiger partial charge is 0.369 e. The number of benzene rings is 3. The maximum Gasteiger partial charge on any atom is 0.229 e. The predicted molar refractivity (Wildman–Crippen MR) is 156 cm³/mol. The third-order valence-corrected chi connectivity index (χ3v) is 7.79. The lowest BCUT2D eigenvalue weighted by atomic mass is 9.79. The number of nitrogens with two attached hydrogens (primary N) is 1. The van der Waals surface area contributed by atoms with Gasteiger partial charge in [-0.05, 0) is 23.6 Å². The van der Waals surface area contributed by atoms with Crippen molar-refractivity contribution in [3.05, 3.63) is 114 Å². The van der Waals surface area contributed by atoms with E-state index in [2.05, 4.69) is 63.4 Å². The van der Waals surface area contributed by atoms with Crippen LogP contribution in [0.1, 0.15) is 16.8 Å². The standard InChI is InChI=1S/C32H32N6O/c33-31(39)32(22-25-11-5-2-6-12-25)16-15-29(34-23-32)37-17-19-38(20-18-37)30-27-14-8-7-13-26(27)28(35-36-30)21-24-9-3-1-4-10-24/h1-16H,17-23H2,(H2,33,39). The molecule has 0 bridgehead atoms. The second kappa shape index (κ2) is 10.7. The number of piperazine rings is 1. The lowest BCUT2D eigenvalue weighted by Crippen LogP contribution is -2.50. The Labute approximate surface area is 228 Å². The molecule has 0 saturated carbocycles. The van der Waals surface area contributed by atoms with Gasteiger partial charge in [-0.3, -0.25) is 9.79 Å². The first-order valence-electron chi connectivity index (χ1n) is 13.5. The van der Waals surface area contributed by atoms with Gasteiger partial charge < -0.3 is 15.5 Å². The Hall–Kier alpha value is -4.52. The maximum atomic E-state index is 12.5. The molecular weight excluding hydrogens is 484 g/mol. The second-order valence-corrected chi connectivity index (χ2v) is 10.3. The smallest absolute Gasteiger partial charge is 0.229 e. The van der Waals surface area contributed by atoms with Gasteiger partial charge in [0, 0.05) is 43.4 Å². The van der Waals surface area contributed by atoms with E-state index in [-0.39, 0.29) is 5.91 Å². The highest BCUT2D eigenvalue weighted by atomic mass is 16.1. The zero-order valence-corrected chi connectivity index (χ0v) is 21.9. The van der Waals surface area contributed by atoms with Gasteiger partial charge in [-0.25, -0.2) is 0 Å². The van der Waals surface area contributed by atoms with E-state index in [1.165, 1.54) is 5.56 Å². The SMILES string of the molecule is NC(=O)C1(Cc2ccccc2)C=CC(N2CCN(c3nnc(Cc4ccccc4)c4ccccc34)CC2)=NC1. The molecule has 1 atom stereocenters. The summed E-state index contributed by atoms with van der Waals surface area (Å²) in [6.07, 6.45) is 5.24. The highest BCUT2D eigenvalue weighted by molar-refractivity contribution is 5.97. The van der Waals surface area contributed by atoms with E-state index in [1.54, 1.807) is 0 Å². The van der Waals surface area contributed by atoms with Crippen molar-refractivity contribution in [2.24, 2.45) is 16.1 Å². The third kappa shape index (κ3) is 5.12. The number of amides is 1. The fourth-order valence-electron chi connectivity index (χ4n) is 5.53. The van der Waals surface area contributed by atoms with Gasteiger partial charge in [-0.15, -0.1) is 5.10 Å². The molecule has 1 saturated heterocycles. The zero-order valence-electron chi connectivity index (χ0n) is 21.9. The number of aromatic nitrogens is 2. The number of carbonyl (C=O) groups excluding carboxylic acids is 1. The van der Waals surface area contributed by atoms with Crippen LogP contribution in [0.5, 0.6) is 0 Å². The van der Waals surface area contributed by atoms with E-state index in [4.69, 9.17) is 15.8 Å². The minimum atomic E-state index is -0.789. The first kappa shape index (κ1) is 24.8. The molecule has 0 spiro atoms. The summed E-state index contributed by atoms with van der Waals surface area (Å²) in [6.45, 7) is 3.62. The number of hydrogen-bond donors (Lipinski definition) is 1. The van der Waals surface area contributed by atoms with Crippen LogP contribution in [-0.2, 0) is 17.6 Å². The molecule has 39 heavy (non-hydrogen) atoms. The molecule has 4 aromatic rings. The molecule has 0 aliphatic carbocycles. The second-order valence-electron chi connectivity index (χ2n) is 10.3. The molecule has 3 heterocycles. The fraction of sp³-hybridized carbons (Fsp3) is 0.250. The van der Waals surface area contributed by atoms with Gasteiger partial charge >= 0.3 is 0 Å². The minimum absolute atomic E-state index is 0.337. The van der Waals surface area contributed by atoms with Crippen LogP contribution < -0.4 is 10.6 Å². The molecule has 2 aliphatic heterocycles. The van der Waals surface area contributed by atoms with Crippen LogP contribution in [-0.4, -0.2) is 59.6 Å². The van der Waals surface area contributed by atoms with Crippen LogP contribution in [0.15, 0.2) is 102 Å². The summed E-state index contributed by atoms with van der Waals surface area (Å²) in [4.78, 5) is 21.9. The minimum Gasteiger partial charge on any atom is -0.369 e. The van der Waals surface area contributed by atoms with Crippen molar-refractivity contribution < 1.29 is 4.79 Å². The van der Waals surface area contributed by atoms with E-state index in [9.17, 15) is 4.79 Å². The number of rotatable bonds is 6. The molecule has 3 aromatic carbocycles. The van der Waals surface area contributed by atoms with Crippen LogP contribution in [0.25, 0.3) is 10.8 Å². The number of anilines is 1. The molecule has 0 radical (unpaired) electrons. The number of dihydropyridines is 1. The van der Waals surface area contributed by atoms with Crippen LogP contribution >= 0.6 is 0 Å². The van der Waals surface area contributed by atoms with E-state index < -0.39 is 5.41 Å². The number of amidine groups is 1. The Kier molecular flexibility index (Phi) is 6.80. The van der Waals surface area contributed by atoms with Crippen molar-refractivity contribution in [1.82, 2.24) is 15.1 Å². The molecule has 1 fully saturated rings. The van der Waals surface area contributed by atoms with E-state index in [0.29, 0.717) is 13.0 Å². The van der Waals surface area contributed by atoms with Crippen molar-refractivity contribution >= 4 is 28.3 Å². The number of carbonyl (C=O) groups is 1. The monoisotopic (exact) mass is 516 g/mol. The number of aliphatic imine (C=N–C) groups is 1. The molecule has 2 N–H and O–H groups in total. The van der Waals surface area contributed by atoms with Crippen LogP contribution in [0.4, 0.5) is 5.82 Å². The summed E-state index contributed by atoms with van der Waals surface area (Å²) >= 11 is 0. The Morgan fingerprint density at radius 3 is 2.03 bits per heavy atom. The average Bonchev–Trinajstić information content (AvgIpc) is 2.99. The van der Waals surface area contributed by atoms with Gasteiger partial charge in [-0.2, -0.15) is 5.10 Å². The van der Waals surface area contributed by atoms with Crippen LogP contribution in [0.3, 0.4) is 0 Å². The van der Waals surface area contributed by atoms with E-state index >= 15 is 0 Å². The van der Waals surface area contributed by atoms with Gasteiger partial charge in [0.25, 0.3) is 0 Å².